The standard InChI is InChI=1S/C26H21BrCl2N6O3/c1-15-24(27)35-10-4-7-21(25(35)32-15)38-14-18-19(28)8-9-20(23(18)29)34(2)22(36)13-31-26(37)33-17-6-3-5-16(11-17)12-30/h3-11H,13-14H2,1-2H3,(H2,31,33,37). The van der Waals surface area contributed by atoms with Crippen LogP contribution in [0, 0.1) is 18.3 Å². The van der Waals surface area contributed by atoms with Gasteiger partial charge in [-0.15, -0.1) is 0 Å². The number of hydrogen-bond donors (Lipinski definition) is 2. The molecule has 2 N–H and O–H groups in total. The molecule has 9 nitrogen and oxygen atoms in total. The van der Waals surface area contributed by atoms with Gasteiger partial charge < -0.3 is 20.3 Å². The number of benzene rings is 2. The Morgan fingerprint density at radius 3 is 2.76 bits per heavy atom. The van der Waals surface area contributed by atoms with E-state index in [-0.39, 0.29) is 18.2 Å². The van der Waals surface area contributed by atoms with Gasteiger partial charge in [0, 0.05) is 29.5 Å². The van der Waals surface area contributed by atoms with E-state index in [2.05, 4.69) is 31.5 Å². The number of likely N-dealkylation sites (N-methyl/N-ethyl adjacent to an activating group) is 1. The normalized spacial score (nSPS) is 10.6. The number of nitrogens with zero attached hydrogens (tertiary/aromatic N) is 4. The first kappa shape index (κ1) is 27.3. The van der Waals surface area contributed by atoms with Crippen molar-refractivity contribution in [1.29, 1.82) is 5.26 Å². The number of pyridine rings is 1. The third-order valence-corrected chi connectivity index (χ3v) is 7.37. The van der Waals surface area contributed by atoms with Crippen molar-refractivity contribution in [2.24, 2.45) is 0 Å². The van der Waals surface area contributed by atoms with Gasteiger partial charge in [-0.25, -0.2) is 9.78 Å². The minimum atomic E-state index is -0.590. The third kappa shape index (κ3) is 5.86. The van der Waals surface area contributed by atoms with Crippen LogP contribution in [0.1, 0.15) is 16.8 Å². The van der Waals surface area contributed by atoms with Crippen LogP contribution in [-0.4, -0.2) is 34.9 Å². The molecule has 0 aliphatic rings. The van der Waals surface area contributed by atoms with Crippen LogP contribution in [0.3, 0.4) is 0 Å². The number of carbonyl (C=O) groups is 2. The van der Waals surface area contributed by atoms with Gasteiger partial charge in [0.1, 0.15) is 11.2 Å². The van der Waals surface area contributed by atoms with E-state index in [9.17, 15) is 9.59 Å². The van der Waals surface area contributed by atoms with Gasteiger partial charge in [-0.1, -0.05) is 29.3 Å². The minimum absolute atomic E-state index is 0.0408. The Labute approximate surface area is 237 Å². The smallest absolute Gasteiger partial charge is 0.319 e. The molecule has 0 saturated heterocycles. The quantitative estimate of drug-likeness (QED) is 0.267. The third-order valence-electron chi connectivity index (χ3n) is 5.64. The molecule has 0 radical (unpaired) electrons. The average Bonchev–Trinajstić information content (AvgIpc) is 3.20. The zero-order valence-corrected chi connectivity index (χ0v) is 23.4. The first-order valence-corrected chi connectivity index (χ1v) is 12.8. The first-order chi connectivity index (χ1) is 18.2. The number of imidazole rings is 1. The number of rotatable bonds is 7. The Balaban J connectivity index is 1.43. The summed E-state index contributed by atoms with van der Waals surface area (Å²) in [6, 6.07) is 14.7. The summed E-state index contributed by atoms with van der Waals surface area (Å²) in [4.78, 5) is 30.9. The number of ether oxygens (including phenoxy) is 1. The summed E-state index contributed by atoms with van der Waals surface area (Å²) in [6.45, 7) is 1.63. The summed E-state index contributed by atoms with van der Waals surface area (Å²) < 4.78 is 8.71. The lowest BCUT2D eigenvalue weighted by Gasteiger charge is -2.21. The zero-order chi connectivity index (χ0) is 27.4. The van der Waals surface area contributed by atoms with Gasteiger partial charge in [0.2, 0.25) is 5.91 Å². The molecule has 38 heavy (non-hydrogen) atoms. The van der Waals surface area contributed by atoms with Crippen molar-refractivity contribution in [1.82, 2.24) is 14.7 Å². The van der Waals surface area contributed by atoms with E-state index in [0.29, 0.717) is 38.9 Å². The molecule has 2 aromatic carbocycles. The minimum Gasteiger partial charge on any atom is -0.485 e. The maximum Gasteiger partial charge on any atom is 0.319 e. The summed E-state index contributed by atoms with van der Waals surface area (Å²) in [6.07, 6.45) is 1.87. The van der Waals surface area contributed by atoms with E-state index < -0.39 is 11.9 Å². The molecule has 0 atom stereocenters. The van der Waals surface area contributed by atoms with Gasteiger partial charge in [0.05, 0.1) is 34.6 Å². The van der Waals surface area contributed by atoms with Crippen LogP contribution in [0.4, 0.5) is 16.2 Å². The van der Waals surface area contributed by atoms with E-state index >= 15 is 0 Å². The topological polar surface area (TPSA) is 112 Å². The van der Waals surface area contributed by atoms with Crippen LogP contribution in [0.25, 0.3) is 5.65 Å². The van der Waals surface area contributed by atoms with E-state index in [4.69, 9.17) is 33.2 Å². The van der Waals surface area contributed by atoms with Crippen molar-refractivity contribution < 1.29 is 14.3 Å². The van der Waals surface area contributed by atoms with Gasteiger partial charge in [0.25, 0.3) is 0 Å². The lowest BCUT2D eigenvalue weighted by molar-refractivity contribution is -0.117. The molecule has 4 rings (SSSR count). The number of hydrogen-bond acceptors (Lipinski definition) is 5. The number of fused-ring (bicyclic) bond motifs is 1. The fourth-order valence-corrected chi connectivity index (χ4v) is 4.60. The molecule has 2 aromatic heterocycles. The van der Waals surface area contributed by atoms with E-state index in [1.165, 1.54) is 11.0 Å². The summed E-state index contributed by atoms with van der Waals surface area (Å²) in [5.74, 6) is 0.128. The number of nitriles is 1. The average molecular weight is 616 g/mol. The van der Waals surface area contributed by atoms with Crippen molar-refractivity contribution in [3.63, 3.8) is 0 Å². The Bertz CT molecular complexity index is 1580. The lowest BCUT2D eigenvalue weighted by Crippen LogP contribution is -2.40. The molecular weight excluding hydrogens is 595 g/mol. The van der Waals surface area contributed by atoms with Gasteiger partial charge in [-0.2, -0.15) is 5.26 Å². The number of anilines is 2. The van der Waals surface area contributed by atoms with Crippen LogP contribution >= 0.6 is 39.1 Å². The highest BCUT2D eigenvalue weighted by Gasteiger charge is 2.20. The molecule has 0 aliphatic heterocycles. The summed E-state index contributed by atoms with van der Waals surface area (Å²) in [7, 11) is 1.55. The number of carbonyl (C=O) groups excluding carboxylic acids is 2. The molecule has 2 heterocycles. The van der Waals surface area contributed by atoms with Crippen LogP contribution in [0.2, 0.25) is 10.0 Å². The first-order valence-electron chi connectivity index (χ1n) is 11.2. The number of nitrogens with one attached hydrogen (secondary N) is 2. The van der Waals surface area contributed by atoms with Crippen molar-refractivity contribution in [3.05, 3.63) is 86.2 Å². The SMILES string of the molecule is Cc1nc2c(OCc3c(Cl)ccc(N(C)C(=O)CNC(=O)Nc4cccc(C#N)c4)c3Cl)cccn2c1Br. The van der Waals surface area contributed by atoms with Gasteiger partial charge in [0.15, 0.2) is 11.4 Å². The van der Waals surface area contributed by atoms with Crippen molar-refractivity contribution in [2.75, 3.05) is 23.8 Å². The largest absolute Gasteiger partial charge is 0.485 e. The Morgan fingerprint density at radius 2 is 2.00 bits per heavy atom. The molecule has 3 amide bonds. The van der Waals surface area contributed by atoms with Crippen molar-refractivity contribution in [3.8, 4) is 11.8 Å². The number of amides is 3. The van der Waals surface area contributed by atoms with E-state index in [1.807, 2.05) is 29.7 Å². The lowest BCUT2D eigenvalue weighted by atomic mass is 10.2. The molecule has 4 aromatic rings. The van der Waals surface area contributed by atoms with Crippen molar-refractivity contribution in [2.45, 2.75) is 13.5 Å². The molecule has 0 bridgehead atoms. The van der Waals surface area contributed by atoms with Gasteiger partial charge in [-0.05, 0) is 65.3 Å². The number of halogens is 3. The summed E-state index contributed by atoms with van der Waals surface area (Å²) in [5, 5.41) is 14.7. The van der Waals surface area contributed by atoms with Crippen LogP contribution in [-0.2, 0) is 11.4 Å². The fraction of sp³-hybridized carbons (Fsp3) is 0.154. The second-order valence-electron chi connectivity index (χ2n) is 8.15. The predicted octanol–water partition coefficient (Wildman–Crippen LogP) is 5.95. The molecule has 0 spiro atoms. The highest BCUT2D eigenvalue weighted by Crippen LogP contribution is 2.35. The Morgan fingerprint density at radius 1 is 1.21 bits per heavy atom. The molecule has 0 fully saturated rings. The molecule has 0 saturated carbocycles. The van der Waals surface area contributed by atoms with E-state index in [1.54, 1.807) is 43.4 Å². The highest BCUT2D eigenvalue weighted by molar-refractivity contribution is 9.10. The molecule has 0 aliphatic carbocycles. The van der Waals surface area contributed by atoms with Crippen molar-refractivity contribution >= 4 is 68.1 Å². The monoisotopic (exact) mass is 614 g/mol. The van der Waals surface area contributed by atoms with E-state index in [0.717, 1.165) is 10.3 Å². The highest BCUT2D eigenvalue weighted by atomic mass is 79.9. The summed E-state index contributed by atoms with van der Waals surface area (Å²) in [5.41, 5.74) is 3.19. The Hall–Kier alpha value is -3.78. The second-order valence-corrected chi connectivity index (χ2v) is 9.69. The number of aromatic nitrogens is 2. The molecular formula is C26H21BrCl2N6O3. The fourth-order valence-electron chi connectivity index (χ4n) is 3.62. The maximum atomic E-state index is 12.8. The number of urea groups is 1. The van der Waals surface area contributed by atoms with Crippen LogP contribution in [0.5, 0.6) is 5.75 Å². The predicted molar refractivity (Wildman–Crippen MR) is 150 cm³/mol. The van der Waals surface area contributed by atoms with Crippen LogP contribution < -0.4 is 20.3 Å². The maximum absolute atomic E-state index is 12.8. The van der Waals surface area contributed by atoms with Gasteiger partial charge >= 0.3 is 6.03 Å². The Kier molecular flexibility index (Phi) is 8.42. The number of aryl methyl sites for hydroxylation is 1. The van der Waals surface area contributed by atoms with Gasteiger partial charge in [-0.3, -0.25) is 9.20 Å². The molecule has 12 heteroatoms. The molecule has 194 valence electrons. The zero-order valence-electron chi connectivity index (χ0n) is 20.3. The second kappa shape index (κ2) is 11.7. The van der Waals surface area contributed by atoms with Crippen LogP contribution in [0.15, 0.2) is 59.3 Å². The molecule has 0 unspecified atom stereocenters. The summed E-state index contributed by atoms with van der Waals surface area (Å²) >= 11 is 16.6.